The fourth-order valence-corrected chi connectivity index (χ4v) is 2.55. The van der Waals surface area contributed by atoms with Gasteiger partial charge < -0.3 is 10.3 Å². The van der Waals surface area contributed by atoms with E-state index in [0.29, 0.717) is 23.0 Å². The molecule has 0 aromatic carbocycles. The van der Waals surface area contributed by atoms with Gasteiger partial charge in [0.15, 0.2) is 5.78 Å². The van der Waals surface area contributed by atoms with Crippen molar-refractivity contribution in [1.82, 2.24) is 19.5 Å². The van der Waals surface area contributed by atoms with Crippen molar-refractivity contribution in [3.05, 3.63) is 48.2 Å². The van der Waals surface area contributed by atoms with Crippen LogP contribution in [0, 0.1) is 0 Å². The highest BCUT2D eigenvalue weighted by molar-refractivity contribution is 6.16. The first-order valence-electron chi connectivity index (χ1n) is 6.81. The Morgan fingerprint density at radius 1 is 1.33 bits per heavy atom. The average molecular weight is 279 g/mol. The molecule has 0 bridgehead atoms. The summed E-state index contributed by atoms with van der Waals surface area (Å²) in [5.74, 6) is 0.256. The van der Waals surface area contributed by atoms with Crippen molar-refractivity contribution in [2.45, 2.75) is 18.9 Å². The van der Waals surface area contributed by atoms with E-state index < -0.39 is 0 Å². The van der Waals surface area contributed by atoms with Crippen molar-refractivity contribution in [3.63, 3.8) is 0 Å². The maximum absolute atomic E-state index is 12.7. The lowest BCUT2D eigenvalue weighted by molar-refractivity contribution is 0.104. The molecular formula is C15H13N5O. The summed E-state index contributed by atoms with van der Waals surface area (Å²) in [5, 5.41) is 0.782. The van der Waals surface area contributed by atoms with Crippen LogP contribution in [0.3, 0.4) is 0 Å². The van der Waals surface area contributed by atoms with E-state index in [2.05, 4.69) is 19.5 Å². The second-order valence-corrected chi connectivity index (χ2v) is 5.24. The monoisotopic (exact) mass is 279 g/mol. The van der Waals surface area contributed by atoms with Gasteiger partial charge in [0, 0.05) is 35.6 Å². The van der Waals surface area contributed by atoms with Crippen molar-refractivity contribution >= 4 is 22.6 Å². The minimum atomic E-state index is -0.0803. The molecule has 3 aromatic heterocycles. The zero-order chi connectivity index (χ0) is 14.4. The number of nitrogens with zero attached hydrogens (tertiary/aromatic N) is 4. The highest BCUT2D eigenvalue weighted by Crippen LogP contribution is 2.38. The molecule has 1 saturated carbocycles. The van der Waals surface area contributed by atoms with Crippen LogP contribution in [0.25, 0.3) is 11.0 Å². The van der Waals surface area contributed by atoms with Crippen LogP contribution in [-0.2, 0) is 0 Å². The summed E-state index contributed by atoms with van der Waals surface area (Å²) in [4.78, 5) is 25.0. The molecule has 1 aliphatic rings. The molecular weight excluding hydrogens is 266 g/mol. The molecule has 3 aromatic rings. The minimum absolute atomic E-state index is 0.0803. The van der Waals surface area contributed by atoms with E-state index >= 15 is 0 Å². The Morgan fingerprint density at radius 2 is 2.19 bits per heavy atom. The Hall–Kier alpha value is -2.76. The molecule has 0 saturated heterocycles. The third-order valence-electron chi connectivity index (χ3n) is 3.72. The largest absolute Gasteiger partial charge is 0.384 e. The Morgan fingerprint density at radius 3 is 2.95 bits per heavy atom. The highest BCUT2D eigenvalue weighted by Gasteiger charge is 2.28. The number of ketones is 1. The summed E-state index contributed by atoms with van der Waals surface area (Å²) in [6, 6.07) is 3.71. The molecule has 4 rings (SSSR count). The number of rotatable bonds is 3. The molecule has 0 aliphatic heterocycles. The van der Waals surface area contributed by atoms with Crippen LogP contribution in [0.1, 0.15) is 34.8 Å². The summed E-state index contributed by atoms with van der Waals surface area (Å²) in [6.07, 6.45) is 8.89. The van der Waals surface area contributed by atoms with Gasteiger partial charge in [0.25, 0.3) is 0 Å². The van der Waals surface area contributed by atoms with Gasteiger partial charge in [-0.1, -0.05) is 0 Å². The van der Waals surface area contributed by atoms with Gasteiger partial charge in [-0.15, -0.1) is 0 Å². The number of nitrogens with two attached hydrogens (primary N) is 1. The molecule has 0 amide bonds. The van der Waals surface area contributed by atoms with Gasteiger partial charge in [0.1, 0.15) is 17.8 Å². The van der Waals surface area contributed by atoms with Gasteiger partial charge in [-0.3, -0.25) is 4.79 Å². The zero-order valence-corrected chi connectivity index (χ0v) is 11.2. The van der Waals surface area contributed by atoms with E-state index in [1.54, 1.807) is 24.5 Å². The number of anilines is 1. The van der Waals surface area contributed by atoms with Crippen molar-refractivity contribution in [2.75, 3.05) is 5.73 Å². The number of carbonyl (C=O) groups excluding carboxylic acids is 1. The third-order valence-corrected chi connectivity index (χ3v) is 3.72. The van der Waals surface area contributed by atoms with Crippen molar-refractivity contribution in [3.8, 4) is 0 Å². The summed E-state index contributed by atoms with van der Waals surface area (Å²) in [5.41, 5.74) is 7.62. The first-order valence-corrected chi connectivity index (χ1v) is 6.81. The number of fused-ring (bicyclic) bond motifs is 1. The van der Waals surface area contributed by atoms with Gasteiger partial charge in [0.2, 0.25) is 0 Å². The van der Waals surface area contributed by atoms with E-state index in [4.69, 9.17) is 5.73 Å². The number of aromatic nitrogens is 4. The summed E-state index contributed by atoms with van der Waals surface area (Å²) in [7, 11) is 0. The molecule has 6 nitrogen and oxygen atoms in total. The predicted molar refractivity (Wildman–Crippen MR) is 77.9 cm³/mol. The van der Waals surface area contributed by atoms with Gasteiger partial charge in [0.05, 0.1) is 5.56 Å². The molecule has 1 aliphatic carbocycles. The summed E-state index contributed by atoms with van der Waals surface area (Å²) < 4.78 is 2.08. The molecule has 6 heteroatoms. The smallest absolute Gasteiger partial charge is 0.195 e. The van der Waals surface area contributed by atoms with Crippen molar-refractivity contribution in [2.24, 2.45) is 0 Å². The van der Waals surface area contributed by atoms with Crippen molar-refractivity contribution in [1.29, 1.82) is 0 Å². The standard InChI is InChI=1S/C15H13N5O/c16-13-5-9(3-4-18-13)14(21)12-7-20(10-1-2-10)15-11(12)6-17-8-19-15/h3-8,10H,1-2H2,(H2,16,18). The molecule has 2 N–H and O–H groups in total. The number of carbonyl (C=O) groups is 1. The third kappa shape index (κ3) is 1.96. The number of hydrogen-bond donors (Lipinski definition) is 1. The predicted octanol–water partition coefficient (Wildman–Crippen LogP) is 1.97. The number of hydrogen-bond acceptors (Lipinski definition) is 5. The second-order valence-electron chi connectivity index (χ2n) is 5.24. The SMILES string of the molecule is Nc1cc(C(=O)c2cn(C3CC3)c3ncncc23)ccn1. The number of nitrogen functional groups attached to an aromatic ring is 1. The van der Waals surface area contributed by atoms with E-state index in [-0.39, 0.29) is 5.78 Å². The molecule has 0 unspecified atom stereocenters. The van der Waals surface area contributed by atoms with E-state index in [1.807, 2.05) is 6.20 Å². The van der Waals surface area contributed by atoms with Crippen LogP contribution in [0.15, 0.2) is 37.1 Å². The molecule has 21 heavy (non-hydrogen) atoms. The number of pyridine rings is 1. The average Bonchev–Trinajstić information content (AvgIpc) is 3.27. The summed E-state index contributed by atoms with van der Waals surface area (Å²) >= 11 is 0. The van der Waals surface area contributed by atoms with Crippen molar-refractivity contribution < 1.29 is 4.79 Å². The van der Waals surface area contributed by atoms with E-state index in [0.717, 1.165) is 23.9 Å². The highest BCUT2D eigenvalue weighted by atomic mass is 16.1. The fourth-order valence-electron chi connectivity index (χ4n) is 2.55. The lowest BCUT2D eigenvalue weighted by Gasteiger charge is -2.00. The Labute approximate surface area is 120 Å². The van der Waals surface area contributed by atoms with Crippen LogP contribution < -0.4 is 5.73 Å². The normalized spacial score (nSPS) is 14.5. The van der Waals surface area contributed by atoms with E-state index in [9.17, 15) is 4.79 Å². The molecule has 1 fully saturated rings. The molecule has 0 radical (unpaired) electrons. The Bertz CT molecular complexity index is 850. The molecule has 0 atom stereocenters. The lowest BCUT2D eigenvalue weighted by atomic mass is 10.1. The van der Waals surface area contributed by atoms with Crippen LogP contribution in [0.2, 0.25) is 0 Å². The van der Waals surface area contributed by atoms with Crippen LogP contribution >= 0.6 is 0 Å². The van der Waals surface area contributed by atoms with Gasteiger partial charge >= 0.3 is 0 Å². The first kappa shape index (κ1) is 12.0. The van der Waals surface area contributed by atoms with E-state index in [1.165, 1.54) is 6.33 Å². The van der Waals surface area contributed by atoms with Crippen LogP contribution in [-0.4, -0.2) is 25.3 Å². The van der Waals surface area contributed by atoms with Crippen LogP contribution in [0.4, 0.5) is 5.82 Å². The molecule has 104 valence electrons. The Kier molecular flexibility index (Phi) is 2.50. The first-order chi connectivity index (χ1) is 10.2. The second kappa shape index (κ2) is 4.37. The maximum Gasteiger partial charge on any atom is 0.195 e. The van der Waals surface area contributed by atoms with Gasteiger partial charge in [-0.05, 0) is 25.0 Å². The summed E-state index contributed by atoms with van der Waals surface area (Å²) in [6.45, 7) is 0. The fraction of sp³-hybridized carbons (Fsp3) is 0.200. The quantitative estimate of drug-likeness (QED) is 0.741. The van der Waals surface area contributed by atoms with Gasteiger partial charge in [-0.2, -0.15) is 0 Å². The maximum atomic E-state index is 12.7. The topological polar surface area (TPSA) is 86.7 Å². The molecule has 3 heterocycles. The zero-order valence-electron chi connectivity index (χ0n) is 11.2. The van der Waals surface area contributed by atoms with Crippen LogP contribution in [0.5, 0.6) is 0 Å². The lowest BCUT2D eigenvalue weighted by Crippen LogP contribution is -2.02. The van der Waals surface area contributed by atoms with Gasteiger partial charge in [-0.25, -0.2) is 15.0 Å². The molecule has 0 spiro atoms. The minimum Gasteiger partial charge on any atom is -0.384 e. The Balaban J connectivity index is 1.88.